The van der Waals surface area contributed by atoms with Crippen LogP contribution in [-0.4, -0.2) is 155 Å². The Bertz CT molecular complexity index is 7260. The topological polar surface area (TPSA) is 444 Å². The number of H-pyrrole nitrogens is 5. The van der Waals surface area contributed by atoms with Crippen LogP contribution in [-0.2, 0) is 69.3 Å². The molecule has 0 saturated carbocycles. The van der Waals surface area contributed by atoms with Gasteiger partial charge in [-0.1, -0.05) is 10.4 Å². The number of fused-ring (bicyclic) bond motifs is 20. The number of tetrazole rings is 1. The molecule has 592 valence electrons. The van der Waals surface area contributed by atoms with Crippen LogP contribution in [0.1, 0.15) is 102 Å². The fourth-order valence-corrected chi connectivity index (χ4v) is 18.1. The van der Waals surface area contributed by atoms with E-state index in [9.17, 15) is 35.6 Å². The number of carboxylic acids is 1. The van der Waals surface area contributed by atoms with Gasteiger partial charge in [-0.05, 0) is 298 Å². The van der Waals surface area contributed by atoms with E-state index < -0.39 is 5.97 Å². The molecule has 0 fully saturated rings. The summed E-state index contributed by atoms with van der Waals surface area (Å²) in [7, 11) is 0. The highest BCUT2D eigenvalue weighted by Crippen LogP contribution is 2.46. The summed E-state index contributed by atoms with van der Waals surface area (Å²) in [5.74, 6) is 0.478. The number of phenols is 4. The van der Waals surface area contributed by atoms with E-state index in [-0.39, 0.29) is 36.1 Å². The Hall–Kier alpha value is -15.3. The number of carboxylic acid groups (broad SMARTS) is 1. The lowest BCUT2D eigenvalue weighted by Crippen LogP contribution is -2.08. The van der Waals surface area contributed by atoms with Crippen LogP contribution < -0.4 is 0 Å². The average molecular weight is 1590 g/mol. The molecule has 4 aliphatic rings. The predicted octanol–water partition coefficient (Wildman–Crippen LogP) is 15.1. The fourth-order valence-electron chi connectivity index (χ4n) is 18.1. The van der Waals surface area contributed by atoms with E-state index in [1.807, 2.05) is 103 Å². The van der Waals surface area contributed by atoms with Crippen LogP contribution in [0, 0.1) is 11.3 Å². The number of hydrogen-bond acceptors (Lipinski definition) is 22. The third-order valence-corrected chi connectivity index (χ3v) is 23.4. The number of hydrogen-bond donors (Lipinski definition) is 11. The number of aliphatic hydroxyl groups is 1. The first-order valence-electron chi connectivity index (χ1n) is 40.1. The number of aromatic nitrogens is 22. The molecule has 30 nitrogen and oxygen atoms in total. The molecule has 0 radical (unpaired) electrons. The molecule has 23 rings (SSSR count). The van der Waals surface area contributed by atoms with Gasteiger partial charge in [-0.25, -0.2) is 29.3 Å². The second-order valence-electron chi connectivity index (χ2n) is 30.6. The minimum absolute atomic E-state index is 0.00447. The van der Waals surface area contributed by atoms with E-state index in [1.54, 1.807) is 59.4 Å². The third-order valence-electron chi connectivity index (χ3n) is 23.4. The maximum absolute atomic E-state index is 11.0. The van der Waals surface area contributed by atoms with Crippen LogP contribution in [0.25, 0.3) is 167 Å². The van der Waals surface area contributed by atoms with Crippen molar-refractivity contribution >= 4 is 93.2 Å². The van der Waals surface area contributed by atoms with Gasteiger partial charge in [-0.15, -0.1) is 20.4 Å². The van der Waals surface area contributed by atoms with Crippen LogP contribution in [0.2, 0.25) is 0 Å². The maximum Gasteiger partial charge on any atom is 0.325 e. The largest absolute Gasteiger partial charge is 0.508 e. The molecule has 19 aromatic rings. The highest BCUT2D eigenvalue weighted by atomic mass is 16.4. The molecule has 11 N–H and O–H groups in total. The van der Waals surface area contributed by atoms with Gasteiger partial charge in [0.05, 0.1) is 92.5 Å². The van der Waals surface area contributed by atoms with Crippen molar-refractivity contribution in [3.63, 3.8) is 0 Å². The number of phenolic OH excluding ortho intramolecular Hbond substituents is 4. The SMILES string of the molecule is N#Cc1n[nH]c2ccc3nc(-c4ccc(O)cc4)c4c(c3c12)CCCC4.O=C(O)Cn1cc(-c2n[nH]c3ccc4nc(-c5ccc(O)cc5)c5c(c4c23)CCCC5)nn1.OCCn1cc(-c2n[nH]c3ccc4nc(-c5ccc(O)cc5)c5c(c4c23)CCCC5)nn1.Oc1ccc(-c2nc3ccc4[nH]nc(-c5nn[nH]n5)c4c3c3c2CCCC3)cc1. The Morgan fingerprint density at radius 1 is 0.367 bits per heavy atom. The van der Waals surface area contributed by atoms with Gasteiger partial charge in [0.25, 0.3) is 0 Å². The molecular weight excluding hydrogens is 1520 g/mol. The van der Waals surface area contributed by atoms with Crippen molar-refractivity contribution in [3.8, 4) is 108 Å². The molecule has 0 saturated heterocycles. The Labute approximate surface area is 680 Å². The van der Waals surface area contributed by atoms with Crippen molar-refractivity contribution in [1.82, 2.24) is 111 Å². The smallest absolute Gasteiger partial charge is 0.325 e. The summed E-state index contributed by atoms with van der Waals surface area (Å²) in [6.45, 7) is 0.136. The quantitative estimate of drug-likeness (QED) is 0.0573. The van der Waals surface area contributed by atoms with Crippen LogP contribution >= 0.6 is 0 Å². The molecule has 11 heterocycles. The number of rotatable bonds is 11. The number of aromatic amines is 5. The summed E-state index contributed by atoms with van der Waals surface area (Å²) >= 11 is 0. The Morgan fingerprint density at radius 3 is 1.04 bits per heavy atom. The maximum atomic E-state index is 11.0. The fraction of sp³-hybridized carbons (Fsp3) is 0.211. The summed E-state index contributed by atoms with van der Waals surface area (Å²) < 4.78 is 2.91. The lowest BCUT2D eigenvalue weighted by atomic mass is 9.85. The van der Waals surface area contributed by atoms with Crippen LogP contribution in [0.4, 0.5) is 0 Å². The Balaban J connectivity index is 0.000000103. The van der Waals surface area contributed by atoms with E-state index in [1.165, 1.54) is 49.2 Å². The second-order valence-corrected chi connectivity index (χ2v) is 30.6. The molecule has 0 spiro atoms. The van der Waals surface area contributed by atoms with Crippen LogP contribution in [0.3, 0.4) is 0 Å². The van der Waals surface area contributed by atoms with Crippen molar-refractivity contribution < 1.29 is 35.4 Å². The molecule has 0 unspecified atom stereocenters. The summed E-state index contributed by atoms with van der Waals surface area (Å²) in [5.41, 5.74) is 29.1. The number of nitrogens with one attached hydrogen (secondary N) is 5. The number of aliphatic carboxylic acids is 1. The number of nitriles is 1. The molecule has 0 amide bonds. The molecule has 0 aliphatic heterocycles. The first-order chi connectivity index (χ1) is 58.9. The van der Waals surface area contributed by atoms with Crippen molar-refractivity contribution in [2.24, 2.45) is 0 Å². The number of pyridine rings is 4. The number of aryl methyl sites for hydroxylation is 4. The number of aliphatic hydroxyl groups excluding tert-OH is 1. The molecule has 8 aromatic carbocycles. The minimum atomic E-state index is -0.983. The minimum Gasteiger partial charge on any atom is -0.508 e. The monoisotopic (exact) mass is 1590 g/mol. The van der Waals surface area contributed by atoms with E-state index in [2.05, 4.69) is 88.1 Å². The lowest BCUT2D eigenvalue weighted by molar-refractivity contribution is -0.137. The molecule has 0 bridgehead atoms. The normalized spacial score (nSPS) is 13.6. The first kappa shape index (κ1) is 73.6. The number of benzene rings is 8. The van der Waals surface area contributed by atoms with Gasteiger partial charge < -0.3 is 30.6 Å². The van der Waals surface area contributed by atoms with E-state index >= 15 is 0 Å². The van der Waals surface area contributed by atoms with Gasteiger partial charge in [0.2, 0.25) is 5.82 Å². The van der Waals surface area contributed by atoms with E-state index in [0.29, 0.717) is 40.8 Å². The summed E-state index contributed by atoms with van der Waals surface area (Å²) in [6.07, 6.45) is 20.2. The standard InChI is InChI=1S/C24H20N6O3.C24H22N6O2.C21H17N7O.C21H16N4O/c31-14-7-5-13(6-8-14)23-16-4-2-1-3-15(16)21-17(25-23)9-10-18-22(21)24(28-26-18)19-11-30(29-27-19)12-20(32)33;31-12-11-30-13-20(27-29-30)24-22-19(26-28-24)10-9-18-21(22)16-3-1-2-4-17(16)23(25-18)14-5-7-15(32)8-6-14;29-12-7-5-11(6-8-12)19-14-4-2-1-3-13(14)17-15(22-19)9-10-16-18(17)20(24-23-16)21-25-27-28-26-21;22-11-18-20-17(24-25-18)10-9-16-19(20)14-3-1-2-4-15(14)21(23-16)12-5-7-13(26)8-6-12/h5-11,31H,1-4,12H2,(H,26,28)(H,32,33);5-10,13,31-32H,1-4,11-12H2,(H,26,28);5-10,29H,1-4H2,(H,23,24)(H,25,26,27,28);5-10,26H,1-4H2,(H,24,25). The zero-order valence-corrected chi connectivity index (χ0v) is 64.6. The highest BCUT2D eigenvalue weighted by Gasteiger charge is 2.30. The van der Waals surface area contributed by atoms with E-state index in [0.717, 1.165) is 241 Å². The molecule has 4 aliphatic carbocycles. The van der Waals surface area contributed by atoms with Crippen molar-refractivity contribution in [1.29, 1.82) is 5.26 Å². The molecular formula is C90H75N23O7. The Morgan fingerprint density at radius 2 is 0.692 bits per heavy atom. The van der Waals surface area contributed by atoms with Crippen molar-refractivity contribution in [2.45, 2.75) is 116 Å². The first-order valence-corrected chi connectivity index (χ1v) is 40.1. The summed E-state index contributed by atoms with van der Waals surface area (Å²) in [5, 5.41) is 136. The summed E-state index contributed by atoms with van der Waals surface area (Å²) in [6, 6.07) is 47.2. The van der Waals surface area contributed by atoms with Gasteiger partial charge >= 0.3 is 5.97 Å². The number of aromatic hydroxyl groups is 4. The van der Waals surface area contributed by atoms with Crippen LogP contribution in [0.15, 0.2) is 158 Å². The van der Waals surface area contributed by atoms with Crippen LogP contribution in [0.5, 0.6) is 23.0 Å². The molecule has 11 aromatic heterocycles. The molecule has 30 heteroatoms. The molecule has 0 atom stereocenters. The zero-order chi connectivity index (χ0) is 81.2. The van der Waals surface area contributed by atoms with Gasteiger partial charge in [-0.2, -0.15) is 30.9 Å². The van der Waals surface area contributed by atoms with E-state index in [4.69, 9.17) is 25.0 Å². The predicted molar refractivity (Wildman–Crippen MR) is 451 cm³/mol. The molecule has 120 heavy (non-hydrogen) atoms. The average Bonchev–Trinajstić information content (AvgIpc) is 1.52. The van der Waals surface area contributed by atoms with Gasteiger partial charge in [0, 0.05) is 65.3 Å². The second kappa shape index (κ2) is 30.7. The summed E-state index contributed by atoms with van der Waals surface area (Å²) in [4.78, 5) is 31.2. The lowest BCUT2D eigenvalue weighted by Gasteiger charge is -2.22. The van der Waals surface area contributed by atoms with Crippen molar-refractivity contribution in [2.75, 3.05) is 6.61 Å². The van der Waals surface area contributed by atoms with Gasteiger partial charge in [0.1, 0.15) is 64.1 Å². The highest BCUT2D eigenvalue weighted by molar-refractivity contribution is 6.16. The number of carbonyl (C=O) groups is 1. The third kappa shape index (κ3) is 13.3. The Kier molecular flexibility index (Phi) is 18.9. The van der Waals surface area contributed by atoms with Gasteiger partial charge in [-0.3, -0.25) is 25.2 Å². The zero-order valence-electron chi connectivity index (χ0n) is 64.6. The van der Waals surface area contributed by atoms with Gasteiger partial charge in [0.15, 0.2) is 5.69 Å². The van der Waals surface area contributed by atoms with Crippen molar-refractivity contribution in [3.05, 3.63) is 208 Å². The number of nitrogens with zero attached hydrogens (tertiary/aromatic N) is 18.